The first-order valence-electron chi connectivity index (χ1n) is 11.1. The van der Waals surface area contributed by atoms with Gasteiger partial charge in [-0.15, -0.1) is 0 Å². The van der Waals surface area contributed by atoms with Crippen molar-refractivity contribution in [2.24, 2.45) is 0 Å². The van der Waals surface area contributed by atoms with Crippen LogP contribution in [0.1, 0.15) is 0 Å². The van der Waals surface area contributed by atoms with Gasteiger partial charge in [0.25, 0.3) is 0 Å². The van der Waals surface area contributed by atoms with Gasteiger partial charge < -0.3 is 4.42 Å². The number of furan rings is 1. The van der Waals surface area contributed by atoms with Crippen LogP contribution < -0.4 is 0 Å². The average molecular weight is 424 g/mol. The van der Waals surface area contributed by atoms with E-state index in [-0.39, 0.29) is 0 Å². The molecule has 2 heteroatoms. The first-order valence-corrected chi connectivity index (χ1v) is 11.1. The van der Waals surface area contributed by atoms with Crippen LogP contribution in [0.25, 0.3) is 55.9 Å². The van der Waals surface area contributed by atoms with Gasteiger partial charge in [0.1, 0.15) is 11.5 Å². The molecule has 2 heterocycles. The van der Waals surface area contributed by atoms with E-state index in [9.17, 15) is 0 Å². The second-order valence-electron chi connectivity index (χ2n) is 7.99. The molecule has 0 aliphatic carbocycles. The number of aromatic nitrogens is 1. The summed E-state index contributed by atoms with van der Waals surface area (Å²) >= 11 is 0. The number of benzene rings is 4. The molecule has 4 aromatic carbocycles. The van der Waals surface area contributed by atoms with Crippen molar-refractivity contribution in [3.63, 3.8) is 0 Å². The molecule has 2 aromatic heterocycles. The second kappa shape index (κ2) is 8.25. The number of fused-ring (bicyclic) bond motifs is 1. The molecule has 0 N–H and O–H groups in total. The monoisotopic (exact) mass is 423 g/mol. The minimum atomic E-state index is 0.793. The minimum Gasteiger partial charge on any atom is -0.453 e. The molecule has 0 unspecified atom stereocenters. The Morgan fingerprint density at radius 3 is 1.67 bits per heavy atom. The van der Waals surface area contributed by atoms with Gasteiger partial charge in [-0.1, -0.05) is 115 Å². The van der Waals surface area contributed by atoms with E-state index in [1.54, 1.807) is 0 Å². The molecule has 156 valence electrons. The van der Waals surface area contributed by atoms with E-state index < -0.39 is 0 Å². The fourth-order valence-corrected chi connectivity index (χ4v) is 4.36. The molecule has 0 atom stereocenters. The Bertz CT molecular complexity index is 1550. The molecule has 0 amide bonds. The van der Waals surface area contributed by atoms with Crippen LogP contribution in [0.5, 0.6) is 0 Å². The lowest BCUT2D eigenvalue weighted by atomic mass is 9.96. The number of pyridine rings is 1. The molecule has 6 rings (SSSR count). The zero-order valence-corrected chi connectivity index (χ0v) is 18.0. The van der Waals surface area contributed by atoms with E-state index in [1.807, 2.05) is 42.5 Å². The number of hydrogen-bond donors (Lipinski definition) is 0. The number of nitrogens with zero attached hydrogens (tertiary/aromatic N) is 1. The summed E-state index contributed by atoms with van der Waals surface area (Å²) in [4.78, 5) is 4.96. The summed E-state index contributed by atoms with van der Waals surface area (Å²) in [6.45, 7) is 0. The topological polar surface area (TPSA) is 26.0 Å². The lowest BCUT2D eigenvalue weighted by Gasteiger charge is -2.08. The SMILES string of the molecule is c1ccc(-c2cccc(-c3oc(-c4ccccc4-c4ccccc4)c4ccccc34)n2)cc1. The van der Waals surface area contributed by atoms with E-state index in [0.29, 0.717) is 0 Å². The third-order valence-corrected chi connectivity index (χ3v) is 5.93. The maximum absolute atomic E-state index is 6.63. The van der Waals surface area contributed by atoms with Gasteiger partial charge in [-0.05, 0) is 23.3 Å². The molecule has 0 aliphatic rings. The molecule has 0 saturated heterocycles. The fourth-order valence-electron chi connectivity index (χ4n) is 4.36. The highest BCUT2D eigenvalue weighted by Crippen LogP contribution is 2.42. The van der Waals surface area contributed by atoms with E-state index in [1.165, 1.54) is 5.56 Å². The summed E-state index contributed by atoms with van der Waals surface area (Å²) in [6.07, 6.45) is 0. The Balaban J connectivity index is 1.55. The molecule has 6 aromatic rings. The van der Waals surface area contributed by atoms with Crippen molar-refractivity contribution in [3.05, 3.63) is 127 Å². The Kier molecular flexibility index (Phi) is 4.82. The van der Waals surface area contributed by atoms with Crippen molar-refractivity contribution < 1.29 is 4.42 Å². The first-order chi connectivity index (χ1) is 16.4. The van der Waals surface area contributed by atoms with E-state index in [4.69, 9.17) is 9.40 Å². The molecule has 2 nitrogen and oxygen atoms in total. The van der Waals surface area contributed by atoms with Crippen LogP contribution >= 0.6 is 0 Å². The highest BCUT2D eigenvalue weighted by atomic mass is 16.3. The zero-order chi connectivity index (χ0) is 22.0. The lowest BCUT2D eigenvalue weighted by Crippen LogP contribution is -1.86. The molecule has 0 spiro atoms. The van der Waals surface area contributed by atoms with Crippen molar-refractivity contribution >= 4 is 10.8 Å². The van der Waals surface area contributed by atoms with Gasteiger partial charge >= 0.3 is 0 Å². The average Bonchev–Trinajstić information content (AvgIpc) is 3.29. The van der Waals surface area contributed by atoms with Crippen LogP contribution in [0.4, 0.5) is 0 Å². The second-order valence-corrected chi connectivity index (χ2v) is 7.99. The van der Waals surface area contributed by atoms with Crippen LogP contribution in [0, 0.1) is 0 Å². The summed E-state index contributed by atoms with van der Waals surface area (Å²) in [6, 6.07) is 43.5. The summed E-state index contributed by atoms with van der Waals surface area (Å²) in [7, 11) is 0. The molecule has 0 bridgehead atoms. The smallest absolute Gasteiger partial charge is 0.161 e. The van der Waals surface area contributed by atoms with Gasteiger partial charge in [-0.3, -0.25) is 0 Å². The van der Waals surface area contributed by atoms with Crippen molar-refractivity contribution in [1.82, 2.24) is 4.98 Å². The minimum absolute atomic E-state index is 0.793. The van der Waals surface area contributed by atoms with Gasteiger partial charge in [0, 0.05) is 21.9 Å². The molecule has 0 saturated carbocycles. The van der Waals surface area contributed by atoms with Crippen molar-refractivity contribution in [2.75, 3.05) is 0 Å². The lowest BCUT2D eigenvalue weighted by molar-refractivity contribution is 0.600. The third kappa shape index (κ3) is 3.52. The Morgan fingerprint density at radius 1 is 0.394 bits per heavy atom. The zero-order valence-electron chi connectivity index (χ0n) is 18.0. The van der Waals surface area contributed by atoms with Crippen LogP contribution in [0.3, 0.4) is 0 Å². The van der Waals surface area contributed by atoms with Crippen molar-refractivity contribution in [2.45, 2.75) is 0 Å². The highest BCUT2D eigenvalue weighted by molar-refractivity contribution is 6.04. The normalized spacial score (nSPS) is 11.0. The summed E-state index contributed by atoms with van der Waals surface area (Å²) < 4.78 is 6.63. The Morgan fingerprint density at radius 2 is 0.939 bits per heavy atom. The van der Waals surface area contributed by atoms with Crippen molar-refractivity contribution in [1.29, 1.82) is 0 Å². The molecule has 33 heavy (non-hydrogen) atoms. The van der Waals surface area contributed by atoms with Gasteiger partial charge in [0.05, 0.1) is 5.69 Å². The van der Waals surface area contributed by atoms with Gasteiger partial charge in [-0.2, -0.15) is 0 Å². The molecular formula is C31H21NO. The first kappa shape index (κ1) is 19.3. The largest absolute Gasteiger partial charge is 0.453 e. The van der Waals surface area contributed by atoms with Crippen LogP contribution in [-0.4, -0.2) is 4.98 Å². The van der Waals surface area contributed by atoms with E-state index in [2.05, 4.69) is 84.9 Å². The standard InChI is InChI=1S/C31H21NO/c1-3-12-22(13-4-1)24-16-7-8-17-25(24)30-26-18-9-10-19-27(26)31(33-30)29-21-11-20-28(32-29)23-14-5-2-6-15-23/h1-21H. The molecule has 0 radical (unpaired) electrons. The molecular weight excluding hydrogens is 402 g/mol. The summed E-state index contributed by atoms with van der Waals surface area (Å²) in [5.74, 6) is 1.66. The van der Waals surface area contributed by atoms with Crippen molar-refractivity contribution in [3.8, 4) is 45.2 Å². The highest BCUT2D eigenvalue weighted by Gasteiger charge is 2.19. The van der Waals surface area contributed by atoms with Gasteiger partial charge in [-0.25, -0.2) is 4.98 Å². The fraction of sp³-hybridized carbons (Fsp3) is 0. The Hall–Kier alpha value is -4.43. The molecule has 0 fully saturated rings. The van der Waals surface area contributed by atoms with Crippen LogP contribution in [0.2, 0.25) is 0 Å². The summed E-state index contributed by atoms with van der Waals surface area (Å²) in [5, 5.41) is 2.15. The van der Waals surface area contributed by atoms with Crippen LogP contribution in [-0.2, 0) is 0 Å². The Labute approximate surface area is 192 Å². The van der Waals surface area contributed by atoms with E-state index in [0.717, 1.165) is 50.4 Å². The number of rotatable bonds is 4. The predicted octanol–water partition coefficient (Wildman–Crippen LogP) is 8.50. The quantitative estimate of drug-likeness (QED) is 0.284. The number of hydrogen-bond acceptors (Lipinski definition) is 2. The summed E-state index contributed by atoms with van der Waals surface area (Å²) in [5.41, 5.74) is 6.24. The molecule has 0 aliphatic heterocycles. The maximum atomic E-state index is 6.63. The van der Waals surface area contributed by atoms with Gasteiger partial charge in [0.2, 0.25) is 0 Å². The van der Waals surface area contributed by atoms with Crippen LogP contribution in [0.15, 0.2) is 132 Å². The van der Waals surface area contributed by atoms with E-state index >= 15 is 0 Å². The predicted molar refractivity (Wildman–Crippen MR) is 136 cm³/mol. The maximum Gasteiger partial charge on any atom is 0.161 e. The van der Waals surface area contributed by atoms with Gasteiger partial charge in [0.15, 0.2) is 5.76 Å². The third-order valence-electron chi connectivity index (χ3n) is 5.93.